The molecule has 10 heteroatoms. The highest BCUT2D eigenvalue weighted by atomic mass is 35.5. The van der Waals surface area contributed by atoms with Crippen LogP contribution >= 0.6 is 11.6 Å². The Labute approximate surface area is 167 Å². The van der Waals surface area contributed by atoms with Crippen molar-refractivity contribution in [2.45, 2.75) is 25.2 Å². The predicted molar refractivity (Wildman–Crippen MR) is 104 cm³/mol. The first-order valence-corrected chi connectivity index (χ1v) is 10.1. The standard InChI is InChI=1S/C18H19ClFN3O4S/c1-11(2)9-17(24)21-22-18(25)12-3-8-15(19)16(10-12)23-28(26,27)14-6-4-13(20)5-7-14/h3-8,10-11,23H,9H2,1-2H3,(H,21,24)(H,22,25). The Balaban J connectivity index is 2.15. The SMILES string of the molecule is CC(C)CC(=O)NNC(=O)c1ccc(Cl)c(NS(=O)(=O)c2ccc(F)cc2)c1. The number of benzene rings is 2. The van der Waals surface area contributed by atoms with Crippen molar-refractivity contribution < 1.29 is 22.4 Å². The number of sulfonamides is 1. The Bertz CT molecular complexity index is 979. The number of halogens is 2. The van der Waals surface area contributed by atoms with Crippen LogP contribution in [0.3, 0.4) is 0 Å². The maximum atomic E-state index is 13.0. The summed E-state index contributed by atoms with van der Waals surface area (Å²) >= 11 is 6.02. The minimum Gasteiger partial charge on any atom is -0.278 e. The van der Waals surface area contributed by atoms with E-state index in [1.54, 1.807) is 0 Å². The number of rotatable bonds is 6. The number of nitrogens with one attached hydrogen (secondary N) is 3. The molecule has 0 aromatic heterocycles. The van der Waals surface area contributed by atoms with Crippen LogP contribution in [0, 0.1) is 11.7 Å². The second-order valence-electron chi connectivity index (χ2n) is 6.35. The summed E-state index contributed by atoms with van der Waals surface area (Å²) in [5.74, 6) is -1.44. The molecule has 0 aliphatic heterocycles. The van der Waals surface area contributed by atoms with E-state index in [0.29, 0.717) is 0 Å². The van der Waals surface area contributed by atoms with Gasteiger partial charge in [-0.25, -0.2) is 12.8 Å². The first kappa shape index (κ1) is 21.6. The summed E-state index contributed by atoms with van der Waals surface area (Å²) in [5.41, 5.74) is 4.57. The van der Waals surface area contributed by atoms with Gasteiger partial charge in [0.05, 0.1) is 15.6 Å². The Morgan fingerprint density at radius 2 is 1.71 bits per heavy atom. The van der Waals surface area contributed by atoms with Crippen LogP contribution in [0.2, 0.25) is 5.02 Å². The van der Waals surface area contributed by atoms with Crippen molar-refractivity contribution in [3.05, 3.63) is 58.9 Å². The van der Waals surface area contributed by atoms with Crippen molar-refractivity contribution in [3.63, 3.8) is 0 Å². The minimum atomic E-state index is -4.04. The maximum absolute atomic E-state index is 13.0. The van der Waals surface area contributed by atoms with Gasteiger partial charge in [-0.05, 0) is 48.4 Å². The van der Waals surface area contributed by atoms with Crippen LogP contribution < -0.4 is 15.6 Å². The second-order valence-corrected chi connectivity index (χ2v) is 8.44. The average Bonchev–Trinajstić information content (AvgIpc) is 2.61. The lowest BCUT2D eigenvalue weighted by molar-refractivity contribution is -0.122. The highest BCUT2D eigenvalue weighted by Gasteiger charge is 2.18. The smallest absolute Gasteiger partial charge is 0.269 e. The van der Waals surface area contributed by atoms with E-state index in [1.807, 2.05) is 13.8 Å². The first-order valence-electron chi connectivity index (χ1n) is 8.25. The highest BCUT2D eigenvalue weighted by Crippen LogP contribution is 2.26. The van der Waals surface area contributed by atoms with E-state index in [9.17, 15) is 22.4 Å². The third-order valence-electron chi connectivity index (χ3n) is 3.51. The molecular formula is C18H19ClFN3O4S. The summed E-state index contributed by atoms with van der Waals surface area (Å²) in [4.78, 5) is 23.6. The summed E-state index contributed by atoms with van der Waals surface area (Å²) in [5, 5.41) is 0.0612. The molecule has 0 aliphatic carbocycles. The monoisotopic (exact) mass is 427 g/mol. The van der Waals surface area contributed by atoms with E-state index in [1.165, 1.54) is 18.2 Å². The number of hydrogen-bond donors (Lipinski definition) is 3. The predicted octanol–water partition coefficient (Wildman–Crippen LogP) is 3.09. The molecule has 2 aromatic rings. The molecule has 0 radical (unpaired) electrons. The van der Waals surface area contributed by atoms with E-state index in [4.69, 9.17) is 11.6 Å². The first-order chi connectivity index (χ1) is 13.1. The fraction of sp³-hybridized carbons (Fsp3) is 0.222. The average molecular weight is 428 g/mol. The number of carbonyl (C=O) groups excluding carboxylic acids is 2. The zero-order chi connectivity index (χ0) is 20.9. The number of hydrogen-bond acceptors (Lipinski definition) is 4. The second kappa shape index (κ2) is 9.03. The van der Waals surface area contributed by atoms with Crippen molar-refractivity contribution in [1.29, 1.82) is 0 Å². The molecular weight excluding hydrogens is 409 g/mol. The molecule has 150 valence electrons. The Morgan fingerprint density at radius 3 is 2.32 bits per heavy atom. The topological polar surface area (TPSA) is 104 Å². The van der Waals surface area contributed by atoms with E-state index in [0.717, 1.165) is 24.3 Å². The van der Waals surface area contributed by atoms with Crippen LogP contribution in [-0.2, 0) is 14.8 Å². The van der Waals surface area contributed by atoms with Gasteiger partial charge >= 0.3 is 0 Å². The quantitative estimate of drug-likeness (QED) is 0.616. The maximum Gasteiger partial charge on any atom is 0.269 e. The van der Waals surface area contributed by atoms with Gasteiger partial charge in [0.2, 0.25) is 5.91 Å². The fourth-order valence-corrected chi connectivity index (χ4v) is 3.47. The van der Waals surface area contributed by atoms with Crippen molar-refractivity contribution >= 4 is 39.1 Å². The van der Waals surface area contributed by atoms with E-state index < -0.39 is 21.7 Å². The fourth-order valence-electron chi connectivity index (χ4n) is 2.18. The Hall–Kier alpha value is -2.65. The summed E-state index contributed by atoms with van der Waals surface area (Å²) in [6.07, 6.45) is 0.240. The zero-order valence-corrected chi connectivity index (χ0v) is 16.7. The summed E-state index contributed by atoms with van der Waals surface area (Å²) in [7, 11) is -4.04. The lowest BCUT2D eigenvalue weighted by Gasteiger charge is -2.12. The largest absolute Gasteiger partial charge is 0.278 e. The molecule has 0 saturated carbocycles. The lowest BCUT2D eigenvalue weighted by Crippen LogP contribution is -2.42. The number of anilines is 1. The number of carbonyl (C=O) groups is 2. The van der Waals surface area contributed by atoms with E-state index in [2.05, 4.69) is 15.6 Å². The van der Waals surface area contributed by atoms with Gasteiger partial charge in [0.15, 0.2) is 0 Å². The van der Waals surface area contributed by atoms with Crippen molar-refractivity contribution in [2.75, 3.05) is 4.72 Å². The molecule has 28 heavy (non-hydrogen) atoms. The molecule has 0 atom stereocenters. The third-order valence-corrected chi connectivity index (χ3v) is 5.22. The third kappa shape index (κ3) is 5.93. The minimum absolute atomic E-state index is 0.0350. The summed E-state index contributed by atoms with van der Waals surface area (Å²) < 4.78 is 40.1. The van der Waals surface area contributed by atoms with Crippen molar-refractivity contribution in [1.82, 2.24) is 10.9 Å². The highest BCUT2D eigenvalue weighted by molar-refractivity contribution is 7.92. The molecule has 0 unspecified atom stereocenters. The zero-order valence-electron chi connectivity index (χ0n) is 15.1. The van der Waals surface area contributed by atoms with Crippen molar-refractivity contribution in [3.8, 4) is 0 Å². The van der Waals surface area contributed by atoms with Gasteiger partial charge in [-0.3, -0.25) is 25.2 Å². The van der Waals surface area contributed by atoms with Gasteiger partial charge in [-0.1, -0.05) is 25.4 Å². The lowest BCUT2D eigenvalue weighted by atomic mass is 10.1. The summed E-state index contributed by atoms with van der Waals surface area (Å²) in [6, 6.07) is 8.18. The molecule has 0 bridgehead atoms. The number of hydrazine groups is 1. The molecule has 2 amide bonds. The Kier molecular flexibility index (Phi) is 6.98. The van der Waals surface area contributed by atoms with E-state index >= 15 is 0 Å². The van der Waals surface area contributed by atoms with Crippen LogP contribution in [0.5, 0.6) is 0 Å². The molecule has 2 rings (SSSR count). The molecule has 0 aliphatic rings. The normalized spacial score (nSPS) is 11.2. The molecule has 3 N–H and O–H groups in total. The van der Waals surface area contributed by atoms with Crippen LogP contribution in [0.15, 0.2) is 47.4 Å². The summed E-state index contributed by atoms with van der Waals surface area (Å²) in [6.45, 7) is 3.72. The molecule has 0 fully saturated rings. The van der Waals surface area contributed by atoms with Gasteiger partial charge in [0.25, 0.3) is 15.9 Å². The van der Waals surface area contributed by atoms with Gasteiger partial charge in [-0.15, -0.1) is 0 Å². The van der Waals surface area contributed by atoms with Crippen LogP contribution in [0.1, 0.15) is 30.6 Å². The molecule has 0 saturated heterocycles. The molecule has 2 aromatic carbocycles. The van der Waals surface area contributed by atoms with Gasteiger partial charge in [0, 0.05) is 12.0 Å². The number of amides is 2. The van der Waals surface area contributed by atoms with Gasteiger partial charge in [-0.2, -0.15) is 0 Å². The van der Waals surface area contributed by atoms with Crippen molar-refractivity contribution in [2.24, 2.45) is 5.92 Å². The molecule has 0 heterocycles. The van der Waals surface area contributed by atoms with Crippen LogP contribution in [0.4, 0.5) is 10.1 Å². The molecule has 7 nitrogen and oxygen atoms in total. The van der Waals surface area contributed by atoms with Gasteiger partial charge < -0.3 is 0 Å². The van der Waals surface area contributed by atoms with E-state index in [-0.39, 0.29) is 39.4 Å². The van der Waals surface area contributed by atoms with Gasteiger partial charge in [0.1, 0.15) is 5.82 Å². The molecule has 0 spiro atoms. The van der Waals surface area contributed by atoms with Crippen LogP contribution in [-0.4, -0.2) is 20.2 Å². The Morgan fingerprint density at radius 1 is 1.07 bits per heavy atom. The van der Waals surface area contributed by atoms with Crippen LogP contribution in [0.25, 0.3) is 0 Å².